The molecule has 3 nitrogen and oxygen atoms in total. The van der Waals surface area contributed by atoms with Gasteiger partial charge in [0.2, 0.25) is 0 Å². The monoisotopic (exact) mass is 545 g/mol. The molecule has 4 heteroatoms. The molecule has 0 fully saturated rings. The molecule has 1 atom stereocenters. The van der Waals surface area contributed by atoms with E-state index in [1.54, 1.807) is 0 Å². The lowest BCUT2D eigenvalue weighted by molar-refractivity contribution is -0.598. The minimum atomic E-state index is -0.247. The Morgan fingerprint density at radius 1 is 0.875 bits per heavy atom. The Hall–Kier alpha value is -2.05. The van der Waals surface area contributed by atoms with Crippen LogP contribution < -0.4 is 30.7 Å². The summed E-state index contributed by atoms with van der Waals surface area (Å²) >= 11 is -0.204. The highest BCUT2D eigenvalue weighted by atomic mass is 127. The Kier molecular flexibility index (Phi) is 8.60. The standard InChI is InChI=1S/C28H34IO3/c1-7-30-21(3)32-25-14-8-22(9-15-25)19-31-26-16-17-27(20(2)18-26)29-24-12-10-23(11-13-24)28(4,5)6/h8-18,21H,7,19H2,1-6H3/q+1. The van der Waals surface area contributed by atoms with Gasteiger partial charge in [0.05, 0.1) is 0 Å². The Balaban J connectivity index is 1.56. The van der Waals surface area contributed by atoms with Gasteiger partial charge in [-0.15, -0.1) is 0 Å². The number of aryl methyl sites for hydroxylation is 1. The fraction of sp³-hybridized carbons (Fsp3) is 0.357. The van der Waals surface area contributed by atoms with Crippen molar-refractivity contribution >= 4 is 0 Å². The van der Waals surface area contributed by atoms with E-state index in [-0.39, 0.29) is 32.9 Å². The number of ether oxygens (including phenoxy) is 3. The summed E-state index contributed by atoms with van der Waals surface area (Å²) in [6.07, 6.45) is -0.247. The SMILES string of the molecule is CCOC(C)Oc1ccc(COc2ccc([I+]c3ccc(C(C)(C)C)cc3)c(C)c2)cc1. The largest absolute Gasteiger partial charge is 0.489 e. The zero-order valence-corrected chi connectivity index (χ0v) is 22.1. The second-order valence-electron chi connectivity index (χ2n) is 8.84. The van der Waals surface area contributed by atoms with Crippen molar-refractivity contribution in [1.82, 2.24) is 0 Å². The summed E-state index contributed by atoms with van der Waals surface area (Å²) in [5, 5.41) is 0. The van der Waals surface area contributed by atoms with Crippen LogP contribution in [0.3, 0.4) is 0 Å². The fourth-order valence-electron chi connectivity index (χ4n) is 3.23. The normalized spacial score (nSPS) is 12.4. The second kappa shape index (κ2) is 11.2. The summed E-state index contributed by atoms with van der Waals surface area (Å²) in [5.74, 6) is 1.71. The van der Waals surface area contributed by atoms with Crippen molar-refractivity contribution in [3.05, 3.63) is 90.6 Å². The van der Waals surface area contributed by atoms with E-state index in [9.17, 15) is 0 Å². The highest BCUT2D eigenvalue weighted by molar-refractivity contribution is 5.30. The molecule has 3 rings (SSSR count). The first-order valence-corrected chi connectivity index (χ1v) is 13.3. The van der Waals surface area contributed by atoms with E-state index in [1.165, 1.54) is 18.3 Å². The zero-order valence-electron chi connectivity index (χ0n) is 19.9. The summed E-state index contributed by atoms with van der Waals surface area (Å²) in [7, 11) is 0. The van der Waals surface area contributed by atoms with Gasteiger partial charge >= 0.3 is 21.2 Å². The van der Waals surface area contributed by atoms with E-state index in [1.807, 2.05) is 38.1 Å². The molecule has 0 saturated heterocycles. The van der Waals surface area contributed by atoms with Crippen LogP contribution in [0.4, 0.5) is 0 Å². The highest BCUT2D eigenvalue weighted by Crippen LogP contribution is 2.21. The molecule has 0 aromatic heterocycles. The van der Waals surface area contributed by atoms with E-state index < -0.39 is 0 Å². The molecule has 0 aliphatic heterocycles. The molecule has 1 unspecified atom stereocenters. The van der Waals surface area contributed by atoms with Crippen LogP contribution in [0.2, 0.25) is 0 Å². The molecule has 0 saturated carbocycles. The van der Waals surface area contributed by atoms with E-state index >= 15 is 0 Å². The molecule has 0 aliphatic rings. The van der Waals surface area contributed by atoms with Crippen molar-refractivity contribution in [3.8, 4) is 11.5 Å². The first kappa shape index (κ1) is 24.6. The van der Waals surface area contributed by atoms with E-state index in [0.29, 0.717) is 13.2 Å². The van der Waals surface area contributed by atoms with E-state index in [2.05, 4.69) is 70.2 Å². The Bertz CT molecular complexity index is 989. The predicted molar refractivity (Wildman–Crippen MR) is 126 cm³/mol. The van der Waals surface area contributed by atoms with Crippen LogP contribution in [-0.2, 0) is 16.8 Å². The summed E-state index contributed by atoms with van der Waals surface area (Å²) in [6.45, 7) is 14.0. The lowest BCUT2D eigenvalue weighted by atomic mass is 9.87. The van der Waals surface area contributed by atoms with Crippen LogP contribution in [0.5, 0.6) is 11.5 Å². The van der Waals surface area contributed by atoms with Crippen molar-refractivity contribution in [2.75, 3.05) is 6.61 Å². The van der Waals surface area contributed by atoms with Gasteiger partial charge in [0, 0.05) is 12.2 Å². The van der Waals surface area contributed by atoms with Gasteiger partial charge in [0.25, 0.3) is 0 Å². The number of rotatable bonds is 9. The molecule has 170 valence electrons. The molecule has 32 heavy (non-hydrogen) atoms. The smallest absolute Gasteiger partial charge is 0.358 e. The number of hydrogen-bond acceptors (Lipinski definition) is 3. The molecule has 0 bridgehead atoms. The van der Waals surface area contributed by atoms with Crippen LogP contribution in [0, 0.1) is 14.1 Å². The van der Waals surface area contributed by atoms with E-state index in [0.717, 1.165) is 17.1 Å². The van der Waals surface area contributed by atoms with Crippen molar-refractivity contribution in [1.29, 1.82) is 0 Å². The van der Waals surface area contributed by atoms with Crippen molar-refractivity contribution in [3.63, 3.8) is 0 Å². The van der Waals surface area contributed by atoms with Crippen LogP contribution in [0.1, 0.15) is 51.3 Å². The molecule has 0 N–H and O–H groups in total. The third-order valence-corrected chi connectivity index (χ3v) is 8.22. The highest BCUT2D eigenvalue weighted by Gasteiger charge is 2.20. The minimum absolute atomic E-state index is 0.195. The molecular weight excluding hydrogens is 511 g/mol. The summed E-state index contributed by atoms with van der Waals surface area (Å²) in [5.41, 5.74) is 3.98. The van der Waals surface area contributed by atoms with Crippen molar-refractivity contribution in [2.45, 2.75) is 59.9 Å². The Morgan fingerprint density at radius 3 is 2.12 bits per heavy atom. The maximum Gasteiger partial charge on any atom is 0.358 e. The van der Waals surface area contributed by atoms with E-state index in [4.69, 9.17) is 14.2 Å². The molecule has 3 aromatic carbocycles. The van der Waals surface area contributed by atoms with Gasteiger partial charge in [-0.05, 0) is 79.8 Å². The van der Waals surface area contributed by atoms with Crippen molar-refractivity contribution < 1.29 is 35.4 Å². The average molecular weight is 545 g/mol. The van der Waals surface area contributed by atoms with Crippen LogP contribution in [0.15, 0.2) is 66.7 Å². The Labute approximate surface area is 203 Å². The lowest BCUT2D eigenvalue weighted by Gasteiger charge is -2.18. The lowest BCUT2D eigenvalue weighted by Crippen LogP contribution is -3.61. The quantitative estimate of drug-likeness (QED) is 0.303. The number of halogens is 1. The van der Waals surface area contributed by atoms with Gasteiger partial charge in [0.15, 0.2) is 13.4 Å². The van der Waals surface area contributed by atoms with Gasteiger partial charge in [0.1, 0.15) is 18.1 Å². The van der Waals surface area contributed by atoms with Gasteiger partial charge in [-0.25, -0.2) is 0 Å². The molecule has 0 spiro atoms. The topological polar surface area (TPSA) is 27.7 Å². The molecule has 0 amide bonds. The van der Waals surface area contributed by atoms with Gasteiger partial charge < -0.3 is 14.2 Å². The number of hydrogen-bond donors (Lipinski definition) is 0. The van der Waals surface area contributed by atoms with Crippen LogP contribution in [-0.4, -0.2) is 12.9 Å². The summed E-state index contributed by atoms with van der Waals surface area (Å²) in [6, 6.07) is 23.6. The summed E-state index contributed by atoms with van der Waals surface area (Å²) < 4.78 is 20.0. The molecule has 0 radical (unpaired) electrons. The third kappa shape index (κ3) is 7.24. The average Bonchev–Trinajstić information content (AvgIpc) is 2.75. The van der Waals surface area contributed by atoms with Crippen LogP contribution >= 0.6 is 0 Å². The van der Waals surface area contributed by atoms with Gasteiger partial charge in [-0.1, -0.05) is 45.0 Å². The maximum absolute atomic E-state index is 6.04. The maximum atomic E-state index is 6.04. The molecule has 0 heterocycles. The molecule has 3 aromatic rings. The van der Waals surface area contributed by atoms with Gasteiger partial charge in [-0.3, -0.25) is 0 Å². The first-order chi connectivity index (χ1) is 15.2. The summed E-state index contributed by atoms with van der Waals surface area (Å²) in [4.78, 5) is 0. The Morgan fingerprint density at radius 2 is 1.53 bits per heavy atom. The predicted octanol–water partition coefficient (Wildman–Crippen LogP) is 3.76. The third-order valence-electron chi connectivity index (χ3n) is 5.08. The van der Waals surface area contributed by atoms with Crippen LogP contribution in [0.25, 0.3) is 0 Å². The molecular formula is C28H34IO3+. The van der Waals surface area contributed by atoms with Gasteiger partial charge in [-0.2, -0.15) is 0 Å². The fourth-order valence-corrected chi connectivity index (χ4v) is 5.57. The molecule has 0 aliphatic carbocycles. The second-order valence-corrected chi connectivity index (χ2v) is 11.8. The minimum Gasteiger partial charge on any atom is -0.489 e. The zero-order chi connectivity index (χ0) is 23.1. The first-order valence-electron chi connectivity index (χ1n) is 11.1. The van der Waals surface area contributed by atoms with Crippen molar-refractivity contribution in [2.24, 2.45) is 0 Å². The number of benzene rings is 3.